The fourth-order valence-electron chi connectivity index (χ4n) is 3.01. The minimum absolute atomic E-state index is 0.0409. The van der Waals surface area contributed by atoms with Gasteiger partial charge in [0.15, 0.2) is 0 Å². The second-order valence-corrected chi connectivity index (χ2v) is 5.92. The fourth-order valence-corrected chi connectivity index (χ4v) is 3.01. The Hall–Kier alpha value is -1.37. The lowest BCUT2D eigenvalue weighted by Gasteiger charge is -2.21. The van der Waals surface area contributed by atoms with E-state index in [1.54, 1.807) is 0 Å². The molecule has 0 atom stereocenters. The van der Waals surface area contributed by atoms with Crippen LogP contribution >= 0.6 is 0 Å². The summed E-state index contributed by atoms with van der Waals surface area (Å²) in [6.07, 6.45) is 5.79. The van der Waals surface area contributed by atoms with Gasteiger partial charge >= 0.3 is 0 Å². The molecule has 114 valence electrons. The lowest BCUT2D eigenvalue weighted by atomic mass is 10.0. The maximum atomic E-state index is 13.4. The Morgan fingerprint density at radius 2 is 2.10 bits per heavy atom. The maximum Gasteiger partial charge on any atom is 0.124 e. The summed E-state index contributed by atoms with van der Waals surface area (Å²) < 4.78 is 13.4. The molecule has 21 heavy (non-hydrogen) atoms. The zero-order valence-corrected chi connectivity index (χ0v) is 12.7. The average Bonchev–Trinajstić information content (AvgIpc) is 2.95. The molecule has 0 aromatic heterocycles. The Balaban J connectivity index is 2.02. The molecular formula is C18H24FNO. The number of nitrogens with zero attached hydrogens (tertiary/aromatic N) is 1. The van der Waals surface area contributed by atoms with Gasteiger partial charge < -0.3 is 10.0 Å². The first-order valence-corrected chi connectivity index (χ1v) is 7.75. The van der Waals surface area contributed by atoms with Crippen LogP contribution in [0.4, 0.5) is 4.39 Å². The first kappa shape index (κ1) is 16.0. The Morgan fingerprint density at radius 3 is 2.81 bits per heavy atom. The van der Waals surface area contributed by atoms with Gasteiger partial charge in [0.1, 0.15) is 5.82 Å². The van der Waals surface area contributed by atoms with E-state index < -0.39 is 0 Å². The van der Waals surface area contributed by atoms with Crippen molar-refractivity contribution in [2.75, 3.05) is 20.2 Å². The van der Waals surface area contributed by atoms with Crippen LogP contribution in [0.3, 0.4) is 0 Å². The van der Waals surface area contributed by atoms with E-state index in [2.05, 4.69) is 23.8 Å². The molecule has 1 aromatic rings. The Kier molecular flexibility index (Phi) is 6.22. The quantitative estimate of drug-likeness (QED) is 0.842. The third-order valence-electron chi connectivity index (χ3n) is 4.02. The molecule has 0 unspecified atom stereocenters. The zero-order chi connectivity index (χ0) is 15.1. The third kappa shape index (κ3) is 5.15. The van der Waals surface area contributed by atoms with Crippen LogP contribution in [0.15, 0.2) is 18.2 Å². The molecule has 0 amide bonds. The molecule has 3 heteroatoms. The third-order valence-corrected chi connectivity index (χ3v) is 4.02. The van der Waals surface area contributed by atoms with Crippen molar-refractivity contribution in [1.82, 2.24) is 4.90 Å². The van der Waals surface area contributed by atoms with Crippen LogP contribution in [0, 0.1) is 23.6 Å². The number of aliphatic hydroxyl groups excluding tert-OH is 1. The van der Waals surface area contributed by atoms with Crippen molar-refractivity contribution in [3.05, 3.63) is 35.1 Å². The van der Waals surface area contributed by atoms with Gasteiger partial charge in [0, 0.05) is 25.1 Å². The molecule has 2 nitrogen and oxygen atoms in total. The largest absolute Gasteiger partial charge is 0.395 e. The Morgan fingerprint density at radius 1 is 1.33 bits per heavy atom. The van der Waals surface area contributed by atoms with E-state index in [0.717, 1.165) is 30.1 Å². The molecule has 0 aliphatic heterocycles. The predicted molar refractivity (Wildman–Crippen MR) is 83.3 cm³/mol. The molecule has 1 aliphatic carbocycles. The van der Waals surface area contributed by atoms with Gasteiger partial charge in [-0.3, -0.25) is 0 Å². The number of benzene rings is 1. The van der Waals surface area contributed by atoms with E-state index in [4.69, 9.17) is 5.11 Å². The summed E-state index contributed by atoms with van der Waals surface area (Å²) in [6.45, 7) is 1.93. The SMILES string of the molecule is CN(Cc1ccc(F)cc1C#CCCO)CC1CCCC1. The van der Waals surface area contributed by atoms with Crippen LogP contribution < -0.4 is 0 Å². The summed E-state index contributed by atoms with van der Waals surface area (Å²) in [7, 11) is 2.12. The van der Waals surface area contributed by atoms with Crippen LogP contribution in [0.1, 0.15) is 43.2 Å². The summed E-state index contributed by atoms with van der Waals surface area (Å²) in [5, 5.41) is 8.79. The monoisotopic (exact) mass is 289 g/mol. The average molecular weight is 289 g/mol. The fraction of sp³-hybridized carbons (Fsp3) is 0.556. The molecular weight excluding hydrogens is 265 g/mol. The normalized spacial score (nSPS) is 15.2. The van der Waals surface area contributed by atoms with Gasteiger partial charge in [0.05, 0.1) is 6.61 Å². The summed E-state index contributed by atoms with van der Waals surface area (Å²) in [5.74, 6) is 6.40. The van der Waals surface area contributed by atoms with Crippen molar-refractivity contribution < 1.29 is 9.50 Å². The van der Waals surface area contributed by atoms with Gasteiger partial charge in [-0.15, -0.1) is 0 Å². The second-order valence-electron chi connectivity index (χ2n) is 5.92. The first-order chi connectivity index (χ1) is 10.2. The van der Waals surface area contributed by atoms with Crippen molar-refractivity contribution in [1.29, 1.82) is 0 Å². The zero-order valence-electron chi connectivity index (χ0n) is 12.7. The van der Waals surface area contributed by atoms with Crippen molar-refractivity contribution in [2.24, 2.45) is 5.92 Å². The van der Waals surface area contributed by atoms with E-state index in [-0.39, 0.29) is 12.4 Å². The van der Waals surface area contributed by atoms with Crippen molar-refractivity contribution in [3.63, 3.8) is 0 Å². The number of hydrogen-bond donors (Lipinski definition) is 1. The van der Waals surface area contributed by atoms with Gasteiger partial charge in [-0.2, -0.15) is 0 Å². The highest BCUT2D eigenvalue weighted by atomic mass is 19.1. The standard InChI is InChI=1S/C18H24FNO/c1-20(13-15-6-2-3-7-15)14-17-9-10-18(19)12-16(17)8-4-5-11-21/h9-10,12,15,21H,2-3,5-7,11,13-14H2,1H3. The van der Waals surface area contributed by atoms with Crippen molar-refractivity contribution >= 4 is 0 Å². The first-order valence-electron chi connectivity index (χ1n) is 7.75. The minimum Gasteiger partial charge on any atom is -0.395 e. The number of halogens is 1. The molecule has 0 radical (unpaired) electrons. The number of aliphatic hydroxyl groups is 1. The van der Waals surface area contributed by atoms with Crippen LogP contribution in [-0.4, -0.2) is 30.2 Å². The van der Waals surface area contributed by atoms with Crippen molar-refractivity contribution in [2.45, 2.75) is 38.6 Å². The van der Waals surface area contributed by atoms with Gasteiger partial charge in [-0.05, 0) is 43.5 Å². The number of hydrogen-bond acceptors (Lipinski definition) is 2. The van der Waals surface area contributed by atoms with E-state index in [0.29, 0.717) is 6.42 Å². The van der Waals surface area contributed by atoms with E-state index in [9.17, 15) is 4.39 Å². The molecule has 1 fully saturated rings. The Bertz CT molecular complexity index is 512. The van der Waals surface area contributed by atoms with Gasteiger partial charge in [-0.1, -0.05) is 30.7 Å². The van der Waals surface area contributed by atoms with E-state index in [1.165, 1.54) is 37.8 Å². The predicted octanol–water partition coefficient (Wildman–Crippen LogP) is 3.18. The summed E-state index contributed by atoms with van der Waals surface area (Å²) in [5.41, 5.74) is 1.80. The molecule has 1 aliphatic rings. The van der Waals surface area contributed by atoms with Crippen LogP contribution in [0.25, 0.3) is 0 Å². The van der Waals surface area contributed by atoms with Gasteiger partial charge in [0.25, 0.3) is 0 Å². The highest BCUT2D eigenvalue weighted by Crippen LogP contribution is 2.25. The van der Waals surface area contributed by atoms with Gasteiger partial charge in [0.2, 0.25) is 0 Å². The van der Waals surface area contributed by atoms with Crippen molar-refractivity contribution in [3.8, 4) is 11.8 Å². The molecule has 1 aromatic carbocycles. The molecule has 0 saturated heterocycles. The lowest BCUT2D eigenvalue weighted by molar-refractivity contribution is 0.271. The van der Waals surface area contributed by atoms with Gasteiger partial charge in [-0.25, -0.2) is 4.39 Å². The second kappa shape index (κ2) is 8.17. The maximum absolute atomic E-state index is 13.4. The molecule has 0 bridgehead atoms. The molecule has 1 N–H and O–H groups in total. The topological polar surface area (TPSA) is 23.5 Å². The molecule has 0 heterocycles. The van der Waals surface area contributed by atoms with E-state index in [1.807, 2.05) is 6.07 Å². The number of rotatable bonds is 5. The highest BCUT2D eigenvalue weighted by molar-refractivity contribution is 5.41. The van der Waals surface area contributed by atoms with E-state index >= 15 is 0 Å². The highest BCUT2D eigenvalue weighted by Gasteiger charge is 2.17. The summed E-state index contributed by atoms with van der Waals surface area (Å²) >= 11 is 0. The smallest absolute Gasteiger partial charge is 0.124 e. The summed E-state index contributed by atoms with van der Waals surface area (Å²) in [6, 6.07) is 4.81. The molecule has 0 spiro atoms. The van der Waals surface area contributed by atoms with Crippen LogP contribution in [0.2, 0.25) is 0 Å². The molecule has 1 saturated carbocycles. The van der Waals surface area contributed by atoms with Crippen LogP contribution in [-0.2, 0) is 6.54 Å². The van der Waals surface area contributed by atoms with Crippen LogP contribution in [0.5, 0.6) is 0 Å². The Labute approximate surface area is 127 Å². The minimum atomic E-state index is -0.259. The molecule has 2 rings (SSSR count). The lowest BCUT2D eigenvalue weighted by Crippen LogP contribution is -2.24. The summed E-state index contributed by atoms with van der Waals surface area (Å²) in [4.78, 5) is 2.31.